The molecule has 0 saturated carbocycles. The van der Waals surface area contributed by atoms with Crippen LogP contribution in [0, 0.1) is 0 Å². The molecule has 0 saturated heterocycles. The predicted molar refractivity (Wildman–Crippen MR) is 118 cm³/mol. The molecule has 1 aromatic heterocycles. The number of rotatable bonds is 4. The molecule has 0 radical (unpaired) electrons. The van der Waals surface area contributed by atoms with Crippen molar-refractivity contribution in [2.45, 2.75) is 24.8 Å². The average Bonchev–Trinajstić information content (AvgIpc) is 3.15. The van der Waals surface area contributed by atoms with Crippen molar-refractivity contribution in [3.63, 3.8) is 0 Å². The van der Waals surface area contributed by atoms with Crippen LogP contribution in [0.25, 0.3) is 10.9 Å². The van der Waals surface area contributed by atoms with Crippen LogP contribution in [0.4, 0.5) is 13.2 Å². The van der Waals surface area contributed by atoms with Crippen molar-refractivity contribution in [3.8, 4) is 0 Å². The topological polar surface area (TPSA) is 12.9 Å². The Morgan fingerprint density at radius 3 is 2.37 bits per heavy atom. The van der Waals surface area contributed by atoms with E-state index in [1.807, 2.05) is 12.3 Å². The number of aromatic nitrogens is 1. The molecule has 0 aliphatic heterocycles. The number of hydrogen-bond acceptors (Lipinski definition) is 1. The minimum atomic E-state index is -4.29. The van der Waals surface area contributed by atoms with Crippen LogP contribution < -0.4 is 4.43 Å². The van der Waals surface area contributed by atoms with Gasteiger partial charge in [0, 0.05) is 0 Å². The van der Waals surface area contributed by atoms with Crippen molar-refractivity contribution in [2.75, 3.05) is 0 Å². The van der Waals surface area contributed by atoms with Crippen molar-refractivity contribution in [2.24, 2.45) is 0 Å². The van der Waals surface area contributed by atoms with Crippen LogP contribution in [0.3, 0.4) is 0 Å². The van der Waals surface area contributed by atoms with Gasteiger partial charge in [-0.1, -0.05) is 0 Å². The van der Waals surface area contributed by atoms with Crippen molar-refractivity contribution in [1.82, 2.24) is 4.98 Å². The first-order chi connectivity index (χ1) is 13.4. The monoisotopic (exact) mass is 490 g/mol. The molecule has 30 heavy (non-hydrogen) atoms. The SMILES string of the molecule is Cl.Cl.[CH3][Cr]([C]1=CC(Cc2ccc(C(F)(F)F)cc2)=CC1)[c]1cccc2cccnc12. The Labute approximate surface area is 190 Å². The molecule has 7 heteroatoms. The number of hydrogen-bond donors (Lipinski definition) is 0. The fourth-order valence-electron chi connectivity index (χ4n) is 3.40. The first-order valence-electron chi connectivity index (χ1n) is 8.97. The number of allylic oxidation sites excluding steroid dienone is 4. The Hall–Kier alpha value is -1.77. The summed E-state index contributed by atoms with van der Waals surface area (Å²) < 4.78 is 40.9. The summed E-state index contributed by atoms with van der Waals surface area (Å²) in [6.45, 7) is 0. The van der Waals surface area contributed by atoms with E-state index in [4.69, 9.17) is 0 Å². The summed E-state index contributed by atoms with van der Waals surface area (Å²) in [5.74, 6) is 2.31. The molecule has 4 rings (SSSR count). The Kier molecular flexibility index (Phi) is 8.19. The fraction of sp³-hybridized carbons (Fsp3) is 0.174. The van der Waals surface area contributed by atoms with E-state index in [1.54, 1.807) is 12.1 Å². The molecule has 1 heterocycles. The maximum absolute atomic E-state index is 12.7. The second kappa shape index (κ2) is 10.0. The van der Waals surface area contributed by atoms with Gasteiger partial charge in [-0.25, -0.2) is 0 Å². The van der Waals surface area contributed by atoms with Gasteiger partial charge < -0.3 is 0 Å². The number of nitrogens with zero attached hydrogens (tertiary/aromatic N) is 1. The van der Waals surface area contributed by atoms with E-state index in [-0.39, 0.29) is 24.8 Å². The van der Waals surface area contributed by atoms with Gasteiger partial charge in [-0.2, -0.15) is 0 Å². The van der Waals surface area contributed by atoms with Crippen LogP contribution in [0.15, 0.2) is 83.0 Å². The molecule has 0 bridgehead atoms. The van der Waals surface area contributed by atoms with Gasteiger partial charge in [0.05, 0.1) is 0 Å². The van der Waals surface area contributed by atoms with Crippen molar-refractivity contribution < 1.29 is 27.3 Å². The van der Waals surface area contributed by atoms with E-state index in [1.165, 1.54) is 14.4 Å². The number of para-hydroxylation sites is 1. The van der Waals surface area contributed by atoms with Gasteiger partial charge in [0.15, 0.2) is 0 Å². The standard InChI is InChI=1S/C13H10F3.C9H6N.CH3.2ClH.Cr/c14-13(15,16)12-7-5-11(6-8-12)9-10-3-1-2-4-10;1-2-6-9-8(4-1)5-3-7-10-9;;;;/h3-8H,1,9H2;1-5,7H;1H3;2*1H;. The van der Waals surface area contributed by atoms with E-state index in [0.29, 0.717) is 6.42 Å². The molecular weight excluding hydrogens is 470 g/mol. The molecule has 1 aliphatic rings. The molecule has 0 spiro atoms. The molecular formula is C23H21Cl2CrF3N. The van der Waals surface area contributed by atoms with E-state index in [9.17, 15) is 13.2 Å². The van der Waals surface area contributed by atoms with Crippen LogP contribution in [-0.4, -0.2) is 4.98 Å². The fourth-order valence-corrected chi connectivity index (χ4v) is 6.04. The third-order valence-corrected chi connectivity index (χ3v) is 8.14. The molecule has 3 aromatic rings. The predicted octanol–water partition coefficient (Wildman–Crippen LogP) is 6.85. The van der Waals surface area contributed by atoms with Crippen LogP contribution in [-0.2, 0) is 26.7 Å². The zero-order chi connectivity index (χ0) is 19.7. The van der Waals surface area contributed by atoms with Crippen molar-refractivity contribution in [3.05, 3.63) is 94.1 Å². The van der Waals surface area contributed by atoms with E-state index < -0.39 is 25.9 Å². The van der Waals surface area contributed by atoms with Gasteiger partial charge in [0.1, 0.15) is 0 Å². The zero-order valence-electron chi connectivity index (χ0n) is 16.1. The zero-order valence-corrected chi connectivity index (χ0v) is 19.1. The van der Waals surface area contributed by atoms with E-state index >= 15 is 0 Å². The Bertz CT molecular complexity index is 1070. The molecule has 0 atom stereocenters. The number of alkyl halides is 3. The Morgan fingerprint density at radius 2 is 1.67 bits per heavy atom. The van der Waals surface area contributed by atoms with Crippen LogP contribution in [0.5, 0.6) is 0 Å². The first-order valence-corrected chi connectivity index (χ1v) is 11.5. The normalized spacial score (nSPS) is 13.5. The molecule has 159 valence electrons. The number of fused-ring (bicyclic) bond motifs is 1. The molecule has 0 amide bonds. The summed E-state index contributed by atoms with van der Waals surface area (Å²) in [6, 6.07) is 15.9. The third kappa shape index (κ3) is 5.28. The van der Waals surface area contributed by atoms with Gasteiger partial charge in [0.25, 0.3) is 0 Å². The summed E-state index contributed by atoms with van der Waals surface area (Å²) in [6.07, 6.45) is 3.57. The molecule has 1 nitrogen and oxygen atoms in total. The van der Waals surface area contributed by atoms with Crippen LogP contribution in [0.1, 0.15) is 17.5 Å². The maximum atomic E-state index is 12.7. The molecule has 0 fully saturated rings. The number of benzene rings is 2. The van der Waals surface area contributed by atoms with Crippen LogP contribution in [0.2, 0.25) is 5.79 Å². The summed E-state index contributed by atoms with van der Waals surface area (Å²) >= 11 is -1.18. The van der Waals surface area contributed by atoms with Gasteiger partial charge in [0.2, 0.25) is 0 Å². The summed E-state index contributed by atoms with van der Waals surface area (Å²) in [4.78, 5) is 4.58. The first kappa shape index (κ1) is 24.5. The Morgan fingerprint density at radius 1 is 0.967 bits per heavy atom. The summed E-state index contributed by atoms with van der Waals surface area (Å²) in [5.41, 5.74) is 2.56. The van der Waals surface area contributed by atoms with Gasteiger partial charge in [-0.3, -0.25) is 0 Å². The summed E-state index contributed by atoms with van der Waals surface area (Å²) in [5, 5.41) is 1.16. The molecule has 1 aliphatic carbocycles. The van der Waals surface area contributed by atoms with Crippen LogP contribution >= 0.6 is 24.8 Å². The second-order valence-electron chi connectivity index (χ2n) is 6.81. The quantitative estimate of drug-likeness (QED) is 0.389. The number of halogens is 5. The van der Waals surface area contributed by atoms with E-state index in [0.717, 1.165) is 35.0 Å². The minimum absolute atomic E-state index is 0. The van der Waals surface area contributed by atoms with Crippen molar-refractivity contribution >= 4 is 40.1 Å². The van der Waals surface area contributed by atoms with E-state index in [2.05, 4.69) is 47.2 Å². The second-order valence-corrected chi connectivity index (χ2v) is 9.91. The number of pyridine rings is 1. The molecule has 0 N–H and O–H groups in total. The summed E-state index contributed by atoms with van der Waals surface area (Å²) in [7, 11) is 0. The van der Waals surface area contributed by atoms with Gasteiger partial charge in [-0.15, -0.1) is 24.8 Å². The Balaban J connectivity index is 0.00000160. The van der Waals surface area contributed by atoms with Gasteiger partial charge in [-0.05, 0) is 0 Å². The van der Waals surface area contributed by atoms with Crippen molar-refractivity contribution in [1.29, 1.82) is 0 Å². The molecule has 0 unspecified atom stereocenters. The average molecular weight is 491 g/mol. The third-order valence-electron chi connectivity index (χ3n) is 4.92. The molecule has 2 aromatic carbocycles. The van der Waals surface area contributed by atoms with Gasteiger partial charge >= 0.3 is 167 Å².